The minimum Gasteiger partial charge on any atom is -0.454 e. The molecule has 2 rings (SSSR count). The Morgan fingerprint density at radius 2 is 1.70 bits per heavy atom. The molecule has 0 heterocycles. The molecular weight excluding hydrogens is 389 g/mol. The molecule has 0 aromatic heterocycles. The lowest BCUT2D eigenvalue weighted by atomic mass is 10.1. The summed E-state index contributed by atoms with van der Waals surface area (Å²) in [5.41, 5.74) is 1.06. The maximum atomic E-state index is 12.2. The average Bonchev–Trinajstić information content (AvgIpc) is 2.61. The van der Waals surface area contributed by atoms with Gasteiger partial charge in [0.2, 0.25) is 5.91 Å². The Morgan fingerprint density at radius 3 is 2.33 bits per heavy atom. The van der Waals surface area contributed by atoms with E-state index in [2.05, 4.69) is 5.32 Å². The van der Waals surface area contributed by atoms with Gasteiger partial charge in [0.25, 0.3) is 0 Å². The molecule has 27 heavy (non-hydrogen) atoms. The lowest BCUT2D eigenvalue weighted by molar-refractivity contribution is -0.116. The number of anilines is 1. The van der Waals surface area contributed by atoms with Crippen molar-refractivity contribution in [2.24, 2.45) is 5.92 Å². The highest BCUT2D eigenvalue weighted by Gasteiger charge is 2.16. The van der Waals surface area contributed by atoms with Crippen LogP contribution in [0.1, 0.15) is 41.0 Å². The molecule has 5 nitrogen and oxygen atoms in total. The summed E-state index contributed by atoms with van der Waals surface area (Å²) in [4.78, 5) is 36.0. The van der Waals surface area contributed by atoms with Crippen molar-refractivity contribution in [3.8, 4) is 0 Å². The van der Waals surface area contributed by atoms with Gasteiger partial charge in [0.05, 0.1) is 15.6 Å². The third-order valence-electron chi connectivity index (χ3n) is 3.59. The van der Waals surface area contributed by atoms with Crippen LogP contribution in [0.25, 0.3) is 0 Å². The van der Waals surface area contributed by atoms with Crippen LogP contribution < -0.4 is 5.32 Å². The van der Waals surface area contributed by atoms with Gasteiger partial charge in [-0.1, -0.05) is 43.1 Å². The van der Waals surface area contributed by atoms with Gasteiger partial charge in [0, 0.05) is 17.7 Å². The molecular formula is C20H19Cl2NO4. The quantitative estimate of drug-likeness (QED) is 0.516. The number of amides is 1. The van der Waals surface area contributed by atoms with E-state index < -0.39 is 12.6 Å². The number of benzene rings is 2. The highest BCUT2D eigenvalue weighted by Crippen LogP contribution is 2.26. The first-order valence-electron chi connectivity index (χ1n) is 8.32. The van der Waals surface area contributed by atoms with E-state index in [-0.39, 0.29) is 33.2 Å². The standard InChI is InChI=1S/C20H19Cl2NO4/c1-12(2)10-18(25)23-14-8-6-13(7-9-14)17(24)11-27-20(26)15-4-3-5-16(21)19(15)22/h3-9,12H,10-11H2,1-2H3,(H,23,25). The molecule has 142 valence electrons. The normalized spacial score (nSPS) is 10.6. The Labute approximate surface area is 167 Å². The van der Waals surface area contributed by atoms with E-state index >= 15 is 0 Å². The van der Waals surface area contributed by atoms with Crippen molar-refractivity contribution < 1.29 is 19.1 Å². The van der Waals surface area contributed by atoms with Crippen molar-refractivity contribution in [2.75, 3.05) is 11.9 Å². The molecule has 1 N–H and O–H groups in total. The minimum absolute atomic E-state index is 0.0816. The minimum atomic E-state index is -0.728. The molecule has 1 amide bonds. The van der Waals surface area contributed by atoms with Crippen LogP contribution >= 0.6 is 23.2 Å². The van der Waals surface area contributed by atoms with Gasteiger partial charge in [0.1, 0.15) is 0 Å². The molecule has 7 heteroatoms. The Balaban J connectivity index is 1.93. The first-order chi connectivity index (χ1) is 12.8. The van der Waals surface area contributed by atoms with Crippen LogP contribution in [0.4, 0.5) is 5.69 Å². The van der Waals surface area contributed by atoms with Crippen LogP contribution in [0.2, 0.25) is 10.0 Å². The highest BCUT2D eigenvalue weighted by atomic mass is 35.5. The van der Waals surface area contributed by atoms with Crippen molar-refractivity contribution in [3.05, 3.63) is 63.6 Å². The molecule has 0 aliphatic heterocycles. The van der Waals surface area contributed by atoms with E-state index in [4.69, 9.17) is 27.9 Å². The van der Waals surface area contributed by atoms with Crippen LogP contribution in [0.15, 0.2) is 42.5 Å². The molecule has 0 atom stereocenters. The number of esters is 1. The molecule has 0 saturated carbocycles. The number of carbonyl (C=O) groups is 3. The zero-order chi connectivity index (χ0) is 20.0. The van der Waals surface area contributed by atoms with Gasteiger partial charge < -0.3 is 10.1 Å². The molecule has 0 bridgehead atoms. The van der Waals surface area contributed by atoms with Gasteiger partial charge in [-0.3, -0.25) is 9.59 Å². The molecule has 0 radical (unpaired) electrons. The fourth-order valence-electron chi connectivity index (χ4n) is 2.28. The molecule has 2 aromatic carbocycles. The number of hydrogen-bond acceptors (Lipinski definition) is 4. The fourth-order valence-corrected chi connectivity index (χ4v) is 2.65. The Bertz CT molecular complexity index is 848. The fraction of sp³-hybridized carbons (Fsp3) is 0.250. The zero-order valence-electron chi connectivity index (χ0n) is 14.9. The maximum absolute atomic E-state index is 12.2. The molecule has 0 spiro atoms. The second-order valence-corrected chi connectivity index (χ2v) is 7.11. The third-order valence-corrected chi connectivity index (χ3v) is 4.41. The summed E-state index contributed by atoms with van der Waals surface area (Å²) >= 11 is 11.8. The topological polar surface area (TPSA) is 72.5 Å². The number of carbonyl (C=O) groups excluding carboxylic acids is 3. The number of nitrogens with one attached hydrogen (secondary N) is 1. The number of ether oxygens (including phenoxy) is 1. The van der Waals surface area contributed by atoms with E-state index in [1.165, 1.54) is 6.07 Å². The third kappa shape index (κ3) is 6.08. The summed E-state index contributed by atoms with van der Waals surface area (Å²) in [7, 11) is 0. The number of ketones is 1. The summed E-state index contributed by atoms with van der Waals surface area (Å²) in [6, 6.07) is 11.0. The zero-order valence-corrected chi connectivity index (χ0v) is 16.4. The van der Waals surface area contributed by atoms with Gasteiger partial charge in [-0.25, -0.2) is 4.79 Å². The van der Waals surface area contributed by atoms with E-state index in [9.17, 15) is 14.4 Å². The second kappa shape index (κ2) is 9.53. The van der Waals surface area contributed by atoms with Crippen LogP contribution in [-0.4, -0.2) is 24.3 Å². The number of Topliss-reactive ketones (excluding diaryl/α,β-unsaturated/α-hetero) is 1. The van der Waals surface area contributed by atoms with Crippen molar-refractivity contribution >= 4 is 46.5 Å². The maximum Gasteiger partial charge on any atom is 0.340 e. The van der Waals surface area contributed by atoms with Crippen LogP contribution in [0, 0.1) is 5.92 Å². The Morgan fingerprint density at radius 1 is 1.04 bits per heavy atom. The Kier molecular flexibility index (Phi) is 7.39. The number of hydrogen-bond donors (Lipinski definition) is 1. The van der Waals surface area contributed by atoms with Gasteiger partial charge in [0.15, 0.2) is 12.4 Å². The van der Waals surface area contributed by atoms with Crippen LogP contribution in [-0.2, 0) is 9.53 Å². The summed E-state index contributed by atoms with van der Waals surface area (Å²) in [6.45, 7) is 3.49. The van der Waals surface area contributed by atoms with Gasteiger partial charge in [-0.2, -0.15) is 0 Å². The lowest BCUT2D eigenvalue weighted by Crippen LogP contribution is -2.15. The van der Waals surface area contributed by atoms with E-state index in [1.54, 1.807) is 36.4 Å². The second-order valence-electron chi connectivity index (χ2n) is 6.32. The monoisotopic (exact) mass is 407 g/mol. The number of rotatable bonds is 7. The smallest absolute Gasteiger partial charge is 0.340 e. The SMILES string of the molecule is CC(C)CC(=O)Nc1ccc(C(=O)COC(=O)c2cccc(Cl)c2Cl)cc1. The van der Waals surface area contributed by atoms with Crippen LogP contribution in [0.5, 0.6) is 0 Å². The predicted molar refractivity (Wildman–Crippen MR) is 106 cm³/mol. The van der Waals surface area contributed by atoms with Crippen molar-refractivity contribution in [2.45, 2.75) is 20.3 Å². The van der Waals surface area contributed by atoms with Crippen molar-refractivity contribution in [3.63, 3.8) is 0 Å². The van der Waals surface area contributed by atoms with Crippen molar-refractivity contribution in [1.29, 1.82) is 0 Å². The van der Waals surface area contributed by atoms with Gasteiger partial charge in [-0.15, -0.1) is 0 Å². The largest absolute Gasteiger partial charge is 0.454 e. The van der Waals surface area contributed by atoms with E-state index in [0.29, 0.717) is 17.7 Å². The van der Waals surface area contributed by atoms with Crippen molar-refractivity contribution in [1.82, 2.24) is 0 Å². The highest BCUT2D eigenvalue weighted by molar-refractivity contribution is 6.43. The lowest BCUT2D eigenvalue weighted by Gasteiger charge is -2.09. The molecule has 0 saturated heterocycles. The summed E-state index contributed by atoms with van der Waals surface area (Å²) in [6.07, 6.45) is 0.419. The van der Waals surface area contributed by atoms with Gasteiger partial charge in [-0.05, 0) is 42.3 Å². The average molecular weight is 408 g/mol. The summed E-state index contributed by atoms with van der Waals surface area (Å²) < 4.78 is 5.02. The first-order valence-corrected chi connectivity index (χ1v) is 9.07. The molecule has 0 unspecified atom stereocenters. The molecule has 2 aromatic rings. The van der Waals surface area contributed by atoms with E-state index in [0.717, 1.165) is 0 Å². The molecule has 0 aliphatic carbocycles. The molecule has 0 fully saturated rings. The molecule has 0 aliphatic rings. The first kappa shape index (κ1) is 20.9. The Hall–Kier alpha value is -2.37. The van der Waals surface area contributed by atoms with Gasteiger partial charge >= 0.3 is 5.97 Å². The summed E-state index contributed by atoms with van der Waals surface area (Å²) in [5.74, 6) is -0.931. The van der Waals surface area contributed by atoms with Crippen LogP contribution in [0.3, 0.4) is 0 Å². The van der Waals surface area contributed by atoms with E-state index in [1.807, 2.05) is 13.8 Å². The predicted octanol–water partition coefficient (Wildman–Crippen LogP) is 5.02. The summed E-state index contributed by atoms with van der Waals surface area (Å²) in [5, 5.41) is 3.07. The number of halogens is 2.